The molecule has 0 aliphatic carbocycles. The van der Waals surface area contributed by atoms with Crippen LogP contribution in [0, 0.1) is 0 Å². The summed E-state index contributed by atoms with van der Waals surface area (Å²) in [5.41, 5.74) is 1.43. The molecule has 0 unspecified atom stereocenters. The van der Waals surface area contributed by atoms with Gasteiger partial charge < -0.3 is 4.74 Å². The molecular weight excluding hydrogens is 184 g/mol. The molecule has 86 valence electrons. The van der Waals surface area contributed by atoms with Crippen molar-refractivity contribution in [3.05, 3.63) is 29.8 Å². The van der Waals surface area contributed by atoms with E-state index in [0.717, 1.165) is 12.4 Å². The smallest absolute Gasteiger partial charge is 0.122 e. The molecule has 1 aromatic rings. The average molecular weight is 208 g/mol. The molecule has 15 heavy (non-hydrogen) atoms. The molecule has 1 aromatic carbocycles. The van der Waals surface area contributed by atoms with E-state index in [1.165, 1.54) is 5.56 Å². The summed E-state index contributed by atoms with van der Waals surface area (Å²) >= 11 is 0. The van der Waals surface area contributed by atoms with Crippen LogP contribution in [0.1, 0.15) is 47.1 Å². The van der Waals surface area contributed by atoms with E-state index in [4.69, 9.17) is 4.74 Å². The third-order valence-corrected chi connectivity index (χ3v) is 1.99. The molecule has 0 saturated carbocycles. The maximum Gasteiger partial charge on any atom is 0.122 e. The lowest BCUT2D eigenvalue weighted by molar-refractivity contribution is 0.330. The number of benzene rings is 1. The molecule has 1 nitrogen and oxygen atoms in total. The Kier molecular flexibility index (Phi) is 6.07. The van der Waals surface area contributed by atoms with Gasteiger partial charge in [0.2, 0.25) is 0 Å². The van der Waals surface area contributed by atoms with Crippen molar-refractivity contribution in [1.82, 2.24) is 0 Å². The van der Waals surface area contributed by atoms with E-state index in [0.29, 0.717) is 0 Å². The Bertz CT molecular complexity index is 271. The van der Waals surface area contributed by atoms with Crippen LogP contribution in [-0.4, -0.2) is 6.61 Å². The van der Waals surface area contributed by atoms with Crippen LogP contribution < -0.4 is 4.74 Å². The Balaban J connectivity index is 0.000000921. The van der Waals surface area contributed by atoms with Gasteiger partial charge in [0.05, 0.1) is 6.61 Å². The first-order chi connectivity index (χ1) is 7.05. The van der Waals surface area contributed by atoms with Crippen LogP contribution in [0.5, 0.6) is 5.75 Å². The van der Waals surface area contributed by atoms with Gasteiger partial charge in [0.15, 0.2) is 0 Å². The third kappa shape index (κ3) is 4.37. The Morgan fingerprint density at radius 1 is 1.07 bits per heavy atom. The highest BCUT2D eigenvalue weighted by Gasteiger charge is 2.17. The number of hydrogen-bond acceptors (Lipinski definition) is 1. The normalized spacial score (nSPS) is 10.3. The zero-order valence-corrected chi connectivity index (χ0v) is 10.9. The molecule has 0 aliphatic heterocycles. The zero-order valence-electron chi connectivity index (χ0n) is 10.9. The minimum atomic E-state index is 0.158. The first-order valence-corrected chi connectivity index (χ1v) is 5.78. The van der Waals surface area contributed by atoms with Crippen molar-refractivity contribution >= 4 is 0 Å². The van der Waals surface area contributed by atoms with Gasteiger partial charge in [-0.1, -0.05) is 52.8 Å². The molecular formula is C14H24O. The molecule has 0 radical (unpaired) electrons. The number of hydrogen-bond donors (Lipinski definition) is 0. The van der Waals surface area contributed by atoms with Crippen molar-refractivity contribution in [2.24, 2.45) is 0 Å². The number of ether oxygens (including phenoxy) is 1. The quantitative estimate of drug-likeness (QED) is 0.699. The summed E-state index contributed by atoms with van der Waals surface area (Å²) in [6.07, 6.45) is 0. The molecule has 0 atom stereocenters. The third-order valence-electron chi connectivity index (χ3n) is 1.99. The maximum absolute atomic E-state index is 5.56. The van der Waals surface area contributed by atoms with Gasteiger partial charge in [-0.2, -0.15) is 0 Å². The first kappa shape index (κ1) is 14.0. The van der Waals surface area contributed by atoms with Crippen molar-refractivity contribution in [2.75, 3.05) is 6.61 Å². The Morgan fingerprint density at radius 2 is 1.60 bits per heavy atom. The van der Waals surface area contributed by atoms with Gasteiger partial charge in [0, 0.05) is 0 Å². The predicted octanol–water partition coefficient (Wildman–Crippen LogP) is 4.41. The number of para-hydroxylation sites is 1. The van der Waals surface area contributed by atoms with E-state index in [1.807, 2.05) is 32.9 Å². The Labute approximate surface area is 94.5 Å². The van der Waals surface area contributed by atoms with Crippen LogP contribution in [-0.2, 0) is 5.41 Å². The summed E-state index contributed by atoms with van der Waals surface area (Å²) in [7, 11) is 0. The molecule has 0 aromatic heterocycles. The van der Waals surface area contributed by atoms with Crippen LogP contribution in [0.25, 0.3) is 0 Å². The highest BCUT2D eigenvalue weighted by Crippen LogP contribution is 2.30. The topological polar surface area (TPSA) is 9.23 Å². The summed E-state index contributed by atoms with van der Waals surface area (Å²) < 4.78 is 5.56. The maximum atomic E-state index is 5.56. The monoisotopic (exact) mass is 208 g/mol. The van der Waals surface area contributed by atoms with Crippen LogP contribution in [0.4, 0.5) is 0 Å². The first-order valence-electron chi connectivity index (χ1n) is 5.78. The minimum Gasteiger partial charge on any atom is -0.494 e. The SMILES string of the molecule is CC.CCOc1ccccc1C(C)(C)C. The molecule has 1 rings (SSSR count). The number of rotatable bonds is 2. The Hall–Kier alpha value is -0.980. The van der Waals surface area contributed by atoms with Gasteiger partial charge in [0.25, 0.3) is 0 Å². The van der Waals surface area contributed by atoms with Crippen molar-refractivity contribution < 1.29 is 4.74 Å². The standard InChI is InChI=1S/C12H18O.C2H6/c1-5-13-11-9-7-6-8-10(11)12(2,3)4;1-2/h6-9H,5H2,1-4H3;1-2H3. The lowest BCUT2D eigenvalue weighted by atomic mass is 9.86. The van der Waals surface area contributed by atoms with Crippen molar-refractivity contribution in [1.29, 1.82) is 0 Å². The summed E-state index contributed by atoms with van der Waals surface area (Å²) in [6, 6.07) is 8.23. The average Bonchev–Trinajstić information content (AvgIpc) is 2.21. The van der Waals surface area contributed by atoms with Gasteiger partial charge in [-0.3, -0.25) is 0 Å². The lowest BCUT2D eigenvalue weighted by Gasteiger charge is -2.22. The molecule has 0 saturated heterocycles. The molecule has 0 spiro atoms. The molecule has 0 fully saturated rings. The van der Waals surface area contributed by atoms with E-state index < -0.39 is 0 Å². The van der Waals surface area contributed by atoms with Gasteiger partial charge >= 0.3 is 0 Å². The summed E-state index contributed by atoms with van der Waals surface area (Å²) in [6.45, 7) is 13.3. The second kappa shape index (κ2) is 6.49. The molecule has 0 aliphatic rings. The van der Waals surface area contributed by atoms with Crippen molar-refractivity contribution in [3.8, 4) is 5.75 Å². The fraction of sp³-hybridized carbons (Fsp3) is 0.571. The lowest BCUT2D eigenvalue weighted by Crippen LogP contribution is -2.13. The summed E-state index contributed by atoms with van der Waals surface area (Å²) in [4.78, 5) is 0. The highest BCUT2D eigenvalue weighted by molar-refractivity contribution is 5.38. The van der Waals surface area contributed by atoms with Gasteiger partial charge in [-0.25, -0.2) is 0 Å². The van der Waals surface area contributed by atoms with Crippen LogP contribution in [0.15, 0.2) is 24.3 Å². The molecule has 0 bridgehead atoms. The van der Waals surface area contributed by atoms with Crippen molar-refractivity contribution in [3.63, 3.8) is 0 Å². The minimum absolute atomic E-state index is 0.158. The van der Waals surface area contributed by atoms with Crippen LogP contribution in [0.3, 0.4) is 0 Å². The molecule has 0 amide bonds. The van der Waals surface area contributed by atoms with E-state index >= 15 is 0 Å². The highest BCUT2D eigenvalue weighted by atomic mass is 16.5. The van der Waals surface area contributed by atoms with Crippen molar-refractivity contribution in [2.45, 2.75) is 47.0 Å². The Morgan fingerprint density at radius 3 is 2.07 bits per heavy atom. The van der Waals surface area contributed by atoms with E-state index in [2.05, 4.69) is 32.9 Å². The second-order valence-electron chi connectivity index (χ2n) is 4.18. The summed E-state index contributed by atoms with van der Waals surface area (Å²) in [5, 5.41) is 0. The summed E-state index contributed by atoms with van der Waals surface area (Å²) in [5.74, 6) is 1.01. The van der Waals surface area contributed by atoms with Gasteiger partial charge in [-0.05, 0) is 24.0 Å². The van der Waals surface area contributed by atoms with Crippen LogP contribution in [0.2, 0.25) is 0 Å². The second-order valence-corrected chi connectivity index (χ2v) is 4.18. The van der Waals surface area contributed by atoms with E-state index in [-0.39, 0.29) is 5.41 Å². The molecule has 0 N–H and O–H groups in total. The van der Waals surface area contributed by atoms with Crippen LogP contribution >= 0.6 is 0 Å². The van der Waals surface area contributed by atoms with Gasteiger partial charge in [-0.15, -0.1) is 0 Å². The zero-order chi connectivity index (χ0) is 11.9. The molecule has 0 heterocycles. The fourth-order valence-electron chi connectivity index (χ4n) is 1.37. The molecule has 1 heteroatoms. The predicted molar refractivity (Wildman–Crippen MR) is 67.7 cm³/mol. The van der Waals surface area contributed by atoms with E-state index in [1.54, 1.807) is 0 Å². The van der Waals surface area contributed by atoms with E-state index in [9.17, 15) is 0 Å². The largest absolute Gasteiger partial charge is 0.494 e. The fourth-order valence-corrected chi connectivity index (χ4v) is 1.37. The van der Waals surface area contributed by atoms with Gasteiger partial charge in [0.1, 0.15) is 5.75 Å².